The van der Waals surface area contributed by atoms with Gasteiger partial charge in [-0.25, -0.2) is 4.79 Å². The van der Waals surface area contributed by atoms with E-state index < -0.39 is 0 Å². The Morgan fingerprint density at radius 3 is 2.79 bits per heavy atom. The topological polar surface area (TPSA) is 38.7 Å². The van der Waals surface area contributed by atoms with Gasteiger partial charge in [-0.1, -0.05) is 18.2 Å². The van der Waals surface area contributed by atoms with E-state index in [1.807, 2.05) is 13.0 Å². The van der Waals surface area contributed by atoms with E-state index in [-0.39, 0.29) is 12.6 Å². The summed E-state index contributed by atoms with van der Waals surface area (Å²) in [6, 6.07) is 8.90. The number of carbonyl (C=O) groups excluding carboxylic acids is 1. The third-order valence-electron chi connectivity index (χ3n) is 1.61. The number of ether oxygens (including phenoxy) is 1. The Balaban J connectivity index is 2.40. The summed E-state index contributed by atoms with van der Waals surface area (Å²) in [5.74, 6) is -0.312. The Morgan fingerprint density at radius 2 is 2.14 bits per heavy atom. The molecule has 0 aliphatic rings. The normalized spacial score (nSPS) is 10.4. The molecule has 0 heterocycles. The quantitative estimate of drug-likeness (QED) is 0.538. The summed E-state index contributed by atoms with van der Waals surface area (Å²) >= 11 is 0. The minimum Gasteiger partial charge on any atom is -0.456 e. The van der Waals surface area contributed by atoms with Crippen molar-refractivity contribution in [2.45, 2.75) is 6.92 Å². The minimum atomic E-state index is -0.312. The highest BCUT2D eigenvalue weighted by atomic mass is 16.5. The first kappa shape index (κ1) is 10.4. The monoisotopic (exact) mass is 191 g/mol. The predicted octanol–water partition coefficient (Wildman–Crippen LogP) is 1.93. The van der Waals surface area contributed by atoms with Gasteiger partial charge in [-0.3, -0.25) is 4.99 Å². The molecule has 0 bridgehead atoms. The van der Waals surface area contributed by atoms with E-state index >= 15 is 0 Å². The maximum absolute atomic E-state index is 11.3. The van der Waals surface area contributed by atoms with Crippen LogP contribution in [0.15, 0.2) is 35.3 Å². The summed E-state index contributed by atoms with van der Waals surface area (Å²) in [6.07, 6.45) is 1.60. The van der Waals surface area contributed by atoms with Crippen LogP contribution >= 0.6 is 0 Å². The van der Waals surface area contributed by atoms with Crippen molar-refractivity contribution in [3.05, 3.63) is 35.9 Å². The summed E-state index contributed by atoms with van der Waals surface area (Å²) in [5.41, 5.74) is 0.567. The fraction of sp³-hybridized carbons (Fsp3) is 0.273. The van der Waals surface area contributed by atoms with Gasteiger partial charge in [-0.2, -0.15) is 0 Å². The lowest BCUT2D eigenvalue weighted by atomic mass is 10.2. The van der Waals surface area contributed by atoms with Crippen molar-refractivity contribution in [3.63, 3.8) is 0 Å². The van der Waals surface area contributed by atoms with Gasteiger partial charge in [-0.05, 0) is 19.1 Å². The zero-order valence-electron chi connectivity index (χ0n) is 8.14. The number of esters is 1. The van der Waals surface area contributed by atoms with Crippen molar-refractivity contribution in [2.75, 3.05) is 13.2 Å². The van der Waals surface area contributed by atoms with Gasteiger partial charge in [0.25, 0.3) is 0 Å². The summed E-state index contributed by atoms with van der Waals surface area (Å²) in [6.45, 7) is 2.87. The van der Waals surface area contributed by atoms with Crippen LogP contribution in [-0.4, -0.2) is 25.3 Å². The summed E-state index contributed by atoms with van der Waals surface area (Å²) in [7, 11) is 0. The van der Waals surface area contributed by atoms with Crippen molar-refractivity contribution in [1.29, 1.82) is 0 Å². The number of hydrogen-bond acceptors (Lipinski definition) is 3. The Bertz CT molecular complexity index is 306. The molecular formula is C11H13NO2. The molecule has 1 aromatic rings. The number of carbonyl (C=O) groups is 1. The van der Waals surface area contributed by atoms with Crippen LogP contribution in [0.25, 0.3) is 0 Å². The lowest BCUT2D eigenvalue weighted by Crippen LogP contribution is -2.06. The fourth-order valence-electron chi connectivity index (χ4n) is 0.952. The standard InChI is InChI=1S/C11H13NO2/c1-2-12-8-9-14-11(13)10-6-4-3-5-7-10/h3-8H,2,9H2,1H3. The molecule has 0 N–H and O–H groups in total. The van der Waals surface area contributed by atoms with Crippen molar-refractivity contribution < 1.29 is 9.53 Å². The van der Waals surface area contributed by atoms with Crippen LogP contribution in [0, 0.1) is 0 Å². The third-order valence-corrected chi connectivity index (χ3v) is 1.61. The van der Waals surface area contributed by atoms with Crippen molar-refractivity contribution in [2.24, 2.45) is 4.99 Å². The summed E-state index contributed by atoms with van der Waals surface area (Å²) in [5, 5.41) is 0. The van der Waals surface area contributed by atoms with Crippen LogP contribution < -0.4 is 0 Å². The van der Waals surface area contributed by atoms with Crippen LogP contribution in [0.1, 0.15) is 17.3 Å². The molecule has 0 aliphatic heterocycles. The molecule has 74 valence electrons. The molecule has 1 rings (SSSR count). The SMILES string of the molecule is CCN=CCOC(=O)c1ccccc1. The molecule has 14 heavy (non-hydrogen) atoms. The Hall–Kier alpha value is -1.64. The molecule has 0 spiro atoms. The molecule has 1 aromatic carbocycles. The van der Waals surface area contributed by atoms with Gasteiger partial charge in [0.15, 0.2) is 0 Å². The largest absolute Gasteiger partial charge is 0.456 e. The Morgan fingerprint density at radius 1 is 1.43 bits per heavy atom. The average Bonchev–Trinajstić information content (AvgIpc) is 2.25. The first-order chi connectivity index (χ1) is 6.84. The first-order valence-corrected chi connectivity index (χ1v) is 4.55. The van der Waals surface area contributed by atoms with Gasteiger partial charge in [0, 0.05) is 12.8 Å². The van der Waals surface area contributed by atoms with Crippen LogP contribution in [0.3, 0.4) is 0 Å². The third kappa shape index (κ3) is 3.39. The molecule has 0 fully saturated rings. The van der Waals surface area contributed by atoms with E-state index in [0.29, 0.717) is 12.1 Å². The van der Waals surface area contributed by atoms with Crippen molar-refractivity contribution >= 4 is 12.2 Å². The highest BCUT2D eigenvalue weighted by molar-refractivity contribution is 5.90. The predicted molar refractivity (Wildman–Crippen MR) is 55.8 cm³/mol. The molecule has 0 saturated carbocycles. The Kier molecular flexibility index (Phi) is 4.41. The molecule has 0 unspecified atom stereocenters. The van der Waals surface area contributed by atoms with Crippen LogP contribution in [0.4, 0.5) is 0 Å². The molecule has 0 radical (unpaired) electrons. The maximum atomic E-state index is 11.3. The zero-order chi connectivity index (χ0) is 10.2. The fourth-order valence-corrected chi connectivity index (χ4v) is 0.952. The van der Waals surface area contributed by atoms with E-state index in [2.05, 4.69) is 4.99 Å². The van der Waals surface area contributed by atoms with E-state index in [1.54, 1.807) is 30.5 Å². The van der Waals surface area contributed by atoms with Gasteiger partial charge >= 0.3 is 5.97 Å². The summed E-state index contributed by atoms with van der Waals surface area (Å²) < 4.78 is 4.94. The van der Waals surface area contributed by atoms with Gasteiger partial charge in [0.05, 0.1) is 5.56 Å². The zero-order valence-corrected chi connectivity index (χ0v) is 8.14. The molecule has 0 atom stereocenters. The second kappa shape index (κ2) is 5.91. The smallest absolute Gasteiger partial charge is 0.338 e. The van der Waals surface area contributed by atoms with E-state index in [0.717, 1.165) is 0 Å². The number of rotatable bonds is 4. The number of benzene rings is 1. The molecule has 0 saturated heterocycles. The highest BCUT2D eigenvalue weighted by Crippen LogP contribution is 1.99. The van der Waals surface area contributed by atoms with Crippen LogP contribution in [-0.2, 0) is 4.74 Å². The minimum absolute atomic E-state index is 0.238. The lowest BCUT2D eigenvalue weighted by molar-refractivity contribution is 0.0567. The molecule has 0 amide bonds. The maximum Gasteiger partial charge on any atom is 0.338 e. The molecule has 3 nitrogen and oxygen atoms in total. The van der Waals surface area contributed by atoms with E-state index in [9.17, 15) is 4.79 Å². The van der Waals surface area contributed by atoms with Gasteiger partial charge in [-0.15, -0.1) is 0 Å². The van der Waals surface area contributed by atoms with Crippen molar-refractivity contribution in [1.82, 2.24) is 0 Å². The van der Waals surface area contributed by atoms with Crippen LogP contribution in [0.5, 0.6) is 0 Å². The molecule has 3 heteroatoms. The molecule has 0 aromatic heterocycles. The lowest BCUT2D eigenvalue weighted by Gasteiger charge is -2.00. The summed E-state index contributed by atoms with van der Waals surface area (Å²) in [4.78, 5) is 15.3. The van der Waals surface area contributed by atoms with Crippen LogP contribution in [0.2, 0.25) is 0 Å². The first-order valence-electron chi connectivity index (χ1n) is 4.55. The molecular weight excluding hydrogens is 178 g/mol. The molecule has 0 aliphatic carbocycles. The highest BCUT2D eigenvalue weighted by Gasteiger charge is 2.03. The van der Waals surface area contributed by atoms with Gasteiger partial charge in [0.2, 0.25) is 0 Å². The number of aliphatic imine (C=N–C) groups is 1. The van der Waals surface area contributed by atoms with Gasteiger partial charge in [0.1, 0.15) is 6.61 Å². The average molecular weight is 191 g/mol. The van der Waals surface area contributed by atoms with E-state index in [1.165, 1.54) is 0 Å². The number of hydrogen-bond donors (Lipinski definition) is 0. The number of nitrogens with zero attached hydrogens (tertiary/aromatic N) is 1. The van der Waals surface area contributed by atoms with Crippen molar-refractivity contribution in [3.8, 4) is 0 Å². The van der Waals surface area contributed by atoms with E-state index in [4.69, 9.17) is 4.74 Å². The second-order valence-electron chi connectivity index (χ2n) is 2.65. The Labute approximate surface area is 83.4 Å². The second-order valence-corrected chi connectivity index (χ2v) is 2.65. The van der Waals surface area contributed by atoms with Gasteiger partial charge < -0.3 is 4.74 Å².